The molecule has 1 aliphatic heterocycles. The van der Waals surface area contributed by atoms with Crippen LogP contribution in [-0.2, 0) is 4.79 Å². The van der Waals surface area contributed by atoms with Gasteiger partial charge in [-0.15, -0.1) is 0 Å². The molecule has 1 aliphatic rings. The van der Waals surface area contributed by atoms with Crippen molar-refractivity contribution in [3.63, 3.8) is 0 Å². The van der Waals surface area contributed by atoms with Crippen molar-refractivity contribution in [2.45, 2.75) is 33.1 Å². The van der Waals surface area contributed by atoms with Crippen molar-refractivity contribution >= 4 is 5.91 Å². The zero-order valence-electron chi connectivity index (χ0n) is 9.38. The molecule has 0 spiro atoms. The number of nitrogens with zero attached hydrogens (tertiary/aromatic N) is 1. The minimum atomic E-state index is 0.181. The molecule has 0 radical (unpaired) electrons. The second kappa shape index (κ2) is 6.02. The van der Waals surface area contributed by atoms with Crippen molar-refractivity contribution in [2.24, 2.45) is 5.92 Å². The highest BCUT2D eigenvalue weighted by molar-refractivity contribution is 5.78. The molecule has 1 amide bonds. The average Bonchev–Trinajstić information content (AvgIpc) is 2.12. The summed E-state index contributed by atoms with van der Waals surface area (Å²) < 4.78 is 0. The van der Waals surface area contributed by atoms with E-state index in [2.05, 4.69) is 24.1 Å². The zero-order chi connectivity index (χ0) is 10.4. The molecule has 3 heteroatoms. The van der Waals surface area contributed by atoms with Gasteiger partial charge in [0.25, 0.3) is 0 Å². The molecule has 0 bridgehead atoms. The lowest BCUT2D eigenvalue weighted by molar-refractivity contribution is -0.124. The van der Waals surface area contributed by atoms with Crippen molar-refractivity contribution in [1.29, 1.82) is 0 Å². The average molecular weight is 198 g/mol. The van der Waals surface area contributed by atoms with E-state index in [1.165, 1.54) is 19.3 Å². The lowest BCUT2D eigenvalue weighted by Crippen LogP contribution is -2.47. The quantitative estimate of drug-likeness (QED) is 0.674. The Morgan fingerprint density at radius 1 is 1.43 bits per heavy atom. The maximum absolute atomic E-state index is 11.1. The molecule has 1 saturated heterocycles. The van der Waals surface area contributed by atoms with Gasteiger partial charge in [-0.05, 0) is 18.9 Å². The molecule has 3 nitrogen and oxygen atoms in total. The van der Waals surface area contributed by atoms with Gasteiger partial charge < -0.3 is 5.32 Å². The van der Waals surface area contributed by atoms with Gasteiger partial charge in [-0.25, -0.2) is 0 Å². The van der Waals surface area contributed by atoms with E-state index in [9.17, 15) is 4.79 Å². The van der Waals surface area contributed by atoms with Crippen molar-refractivity contribution in [3.05, 3.63) is 0 Å². The number of nitrogens with one attached hydrogen (secondary N) is 1. The van der Waals surface area contributed by atoms with Gasteiger partial charge >= 0.3 is 0 Å². The molecular formula is C11H22N2O. The molecule has 0 aromatic rings. The van der Waals surface area contributed by atoms with Crippen molar-refractivity contribution < 1.29 is 4.79 Å². The number of hydrogen-bond acceptors (Lipinski definition) is 2. The lowest BCUT2D eigenvalue weighted by atomic mass is 10.1. The second-order valence-corrected chi connectivity index (χ2v) is 4.52. The fourth-order valence-corrected chi connectivity index (χ4v) is 1.77. The minimum Gasteiger partial charge on any atom is -0.354 e. The van der Waals surface area contributed by atoms with Crippen LogP contribution in [0.1, 0.15) is 33.1 Å². The number of rotatable bonds is 5. The smallest absolute Gasteiger partial charge is 0.234 e. The molecule has 0 aromatic heterocycles. The topological polar surface area (TPSA) is 32.3 Å². The first-order valence-electron chi connectivity index (χ1n) is 5.67. The highest BCUT2D eigenvalue weighted by Gasteiger charge is 2.14. The maximum Gasteiger partial charge on any atom is 0.234 e. The fraction of sp³-hybridized carbons (Fsp3) is 0.909. The van der Waals surface area contributed by atoms with Gasteiger partial charge in [0.2, 0.25) is 5.91 Å². The van der Waals surface area contributed by atoms with E-state index in [0.29, 0.717) is 6.54 Å². The summed E-state index contributed by atoms with van der Waals surface area (Å²) in [6.07, 6.45) is 3.82. The number of carbonyl (C=O) groups is 1. The molecule has 0 aliphatic carbocycles. The Kier molecular flexibility index (Phi) is 4.94. The van der Waals surface area contributed by atoms with E-state index in [1.807, 2.05) is 0 Å². The summed E-state index contributed by atoms with van der Waals surface area (Å²) in [6, 6.07) is 0. The molecule has 82 valence electrons. The molecule has 0 saturated carbocycles. The maximum atomic E-state index is 11.1. The van der Waals surface area contributed by atoms with Gasteiger partial charge in [-0.3, -0.25) is 9.69 Å². The summed E-state index contributed by atoms with van der Waals surface area (Å²) in [5.41, 5.74) is 0. The van der Waals surface area contributed by atoms with E-state index < -0.39 is 0 Å². The molecule has 0 aromatic carbocycles. The van der Waals surface area contributed by atoms with Crippen LogP contribution in [0.25, 0.3) is 0 Å². The largest absolute Gasteiger partial charge is 0.354 e. The molecule has 0 atom stereocenters. The molecule has 1 fully saturated rings. The zero-order valence-corrected chi connectivity index (χ0v) is 9.38. The van der Waals surface area contributed by atoms with Gasteiger partial charge in [0.15, 0.2) is 0 Å². The summed E-state index contributed by atoms with van der Waals surface area (Å²) >= 11 is 0. The first-order valence-corrected chi connectivity index (χ1v) is 5.67. The Labute approximate surface area is 86.9 Å². The Hall–Kier alpha value is -0.570. The fourth-order valence-electron chi connectivity index (χ4n) is 1.77. The van der Waals surface area contributed by atoms with Gasteiger partial charge in [0.05, 0.1) is 6.54 Å². The number of carbonyl (C=O) groups excluding carboxylic acids is 1. The minimum absolute atomic E-state index is 0.181. The van der Waals surface area contributed by atoms with Crippen molar-refractivity contribution in [1.82, 2.24) is 10.2 Å². The third-order valence-electron chi connectivity index (χ3n) is 2.62. The molecule has 1 heterocycles. The van der Waals surface area contributed by atoms with Crippen molar-refractivity contribution in [3.8, 4) is 0 Å². The van der Waals surface area contributed by atoms with Crippen LogP contribution in [0.15, 0.2) is 0 Å². The van der Waals surface area contributed by atoms with E-state index >= 15 is 0 Å². The van der Waals surface area contributed by atoms with E-state index in [0.717, 1.165) is 25.6 Å². The normalized spacial score (nSPS) is 18.6. The number of amides is 1. The van der Waals surface area contributed by atoms with E-state index in [1.54, 1.807) is 0 Å². The molecular weight excluding hydrogens is 176 g/mol. The predicted octanol–water partition coefficient (Wildman–Crippen LogP) is 1.24. The third kappa shape index (κ3) is 4.61. The van der Waals surface area contributed by atoms with Crippen molar-refractivity contribution in [2.75, 3.05) is 26.2 Å². The monoisotopic (exact) mass is 198 g/mol. The van der Waals surface area contributed by atoms with Crippen LogP contribution in [0.5, 0.6) is 0 Å². The third-order valence-corrected chi connectivity index (χ3v) is 2.62. The number of piperazine rings is 1. The highest BCUT2D eigenvalue weighted by Crippen LogP contribution is 2.07. The molecule has 1 N–H and O–H groups in total. The van der Waals surface area contributed by atoms with Crippen LogP contribution in [0, 0.1) is 5.92 Å². The Morgan fingerprint density at radius 3 is 2.86 bits per heavy atom. The van der Waals surface area contributed by atoms with Crippen LogP contribution >= 0.6 is 0 Å². The summed E-state index contributed by atoms with van der Waals surface area (Å²) in [4.78, 5) is 13.3. The number of hydrogen-bond donors (Lipinski definition) is 1. The van der Waals surface area contributed by atoms with Crippen LogP contribution in [0.3, 0.4) is 0 Å². The summed E-state index contributed by atoms with van der Waals surface area (Å²) in [7, 11) is 0. The van der Waals surface area contributed by atoms with Crippen LogP contribution in [0.4, 0.5) is 0 Å². The SMILES string of the molecule is CC(C)CCCCN1CCNC(=O)C1. The van der Waals surface area contributed by atoms with Gasteiger partial charge in [-0.2, -0.15) is 0 Å². The standard InChI is InChI=1S/C11H22N2O/c1-10(2)5-3-4-7-13-8-6-12-11(14)9-13/h10H,3-9H2,1-2H3,(H,12,14). The van der Waals surface area contributed by atoms with Crippen LogP contribution < -0.4 is 5.32 Å². The molecule has 1 rings (SSSR count). The molecule has 0 unspecified atom stereocenters. The first-order chi connectivity index (χ1) is 6.68. The second-order valence-electron chi connectivity index (χ2n) is 4.52. The van der Waals surface area contributed by atoms with E-state index in [-0.39, 0.29) is 5.91 Å². The highest BCUT2D eigenvalue weighted by atomic mass is 16.2. The first kappa shape index (κ1) is 11.5. The number of unbranched alkanes of at least 4 members (excludes halogenated alkanes) is 1. The Morgan fingerprint density at radius 2 is 2.21 bits per heavy atom. The van der Waals surface area contributed by atoms with E-state index in [4.69, 9.17) is 0 Å². The molecule has 14 heavy (non-hydrogen) atoms. The van der Waals surface area contributed by atoms with Gasteiger partial charge in [-0.1, -0.05) is 26.7 Å². The van der Waals surface area contributed by atoms with Crippen LogP contribution in [-0.4, -0.2) is 37.0 Å². The lowest BCUT2D eigenvalue weighted by Gasteiger charge is -2.26. The van der Waals surface area contributed by atoms with Gasteiger partial charge in [0, 0.05) is 13.1 Å². The summed E-state index contributed by atoms with van der Waals surface area (Å²) in [5, 5.41) is 2.84. The predicted molar refractivity (Wildman–Crippen MR) is 58.1 cm³/mol. The Balaban J connectivity index is 2.03. The van der Waals surface area contributed by atoms with Gasteiger partial charge in [0.1, 0.15) is 0 Å². The Bertz CT molecular complexity index is 180. The summed E-state index contributed by atoms with van der Waals surface area (Å²) in [5.74, 6) is 0.986. The summed E-state index contributed by atoms with van der Waals surface area (Å²) in [6.45, 7) is 8.04. The van der Waals surface area contributed by atoms with Crippen LogP contribution in [0.2, 0.25) is 0 Å².